The summed E-state index contributed by atoms with van der Waals surface area (Å²) >= 11 is 0. The number of nitro benzene ring substituents is 1. The number of nitro groups is 1. The van der Waals surface area contributed by atoms with Gasteiger partial charge in [0.15, 0.2) is 0 Å². The minimum atomic E-state index is -0.512. The summed E-state index contributed by atoms with van der Waals surface area (Å²) in [5.74, 6) is 0.387. The van der Waals surface area contributed by atoms with Crippen LogP contribution in [0.25, 0.3) is 0 Å². The number of rotatable bonds is 3. The van der Waals surface area contributed by atoms with Crippen LogP contribution in [-0.4, -0.2) is 9.91 Å². The van der Waals surface area contributed by atoms with E-state index in [1.54, 1.807) is 32.0 Å². The van der Waals surface area contributed by atoms with Gasteiger partial charge < -0.3 is 4.74 Å². The number of hydrogen-bond acceptors (Lipinski definition) is 5. The van der Waals surface area contributed by atoms with Crippen LogP contribution in [0.1, 0.15) is 22.5 Å². The molecular formula is C15H13N3O3. The van der Waals surface area contributed by atoms with Crippen LogP contribution in [-0.2, 0) is 0 Å². The molecule has 0 atom stereocenters. The first-order valence-electron chi connectivity index (χ1n) is 6.23. The first-order chi connectivity index (χ1) is 9.92. The lowest BCUT2D eigenvalue weighted by molar-refractivity contribution is -0.385. The molecule has 0 aliphatic carbocycles. The highest BCUT2D eigenvalue weighted by Crippen LogP contribution is 2.34. The number of ether oxygens (including phenoxy) is 1. The fraction of sp³-hybridized carbons (Fsp3) is 0.200. The van der Waals surface area contributed by atoms with Gasteiger partial charge in [0.25, 0.3) is 0 Å². The Hall–Kier alpha value is -2.94. The molecule has 0 aliphatic rings. The van der Waals surface area contributed by atoms with Crippen molar-refractivity contribution in [1.29, 1.82) is 5.26 Å². The van der Waals surface area contributed by atoms with Crippen molar-refractivity contribution in [2.45, 2.75) is 20.8 Å². The van der Waals surface area contributed by atoms with Crippen molar-refractivity contribution >= 4 is 5.69 Å². The topological polar surface area (TPSA) is 89.1 Å². The molecule has 0 fully saturated rings. The summed E-state index contributed by atoms with van der Waals surface area (Å²) in [7, 11) is 0. The highest BCUT2D eigenvalue weighted by molar-refractivity contribution is 5.54. The maximum atomic E-state index is 11.1. The molecule has 0 saturated carbocycles. The van der Waals surface area contributed by atoms with Gasteiger partial charge >= 0.3 is 5.69 Å². The first kappa shape index (κ1) is 14.5. The summed E-state index contributed by atoms with van der Waals surface area (Å²) in [6.07, 6.45) is 0. The van der Waals surface area contributed by atoms with Gasteiger partial charge in [-0.05, 0) is 32.4 Å². The number of benzene rings is 1. The van der Waals surface area contributed by atoms with Crippen LogP contribution in [0.4, 0.5) is 5.69 Å². The number of aryl methyl sites for hydroxylation is 3. The third-order valence-electron chi connectivity index (χ3n) is 2.94. The van der Waals surface area contributed by atoms with Crippen molar-refractivity contribution < 1.29 is 9.66 Å². The third kappa shape index (κ3) is 2.98. The molecule has 1 heterocycles. The highest BCUT2D eigenvalue weighted by atomic mass is 16.6. The molecule has 0 spiro atoms. The van der Waals surface area contributed by atoms with E-state index in [-0.39, 0.29) is 22.7 Å². The normalized spacial score (nSPS) is 10.0. The number of nitriles is 1. The fourth-order valence-corrected chi connectivity index (χ4v) is 1.98. The SMILES string of the molecule is Cc1ccc([N+](=O)[O-])c(Oc2cc(C)nc(C)c2C#N)c1. The Balaban J connectivity index is 2.55. The lowest BCUT2D eigenvalue weighted by atomic mass is 10.1. The van der Waals surface area contributed by atoms with E-state index in [0.717, 1.165) is 5.56 Å². The number of hydrogen-bond donors (Lipinski definition) is 0. The first-order valence-corrected chi connectivity index (χ1v) is 6.23. The zero-order chi connectivity index (χ0) is 15.6. The van der Waals surface area contributed by atoms with Gasteiger partial charge in [0, 0.05) is 17.8 Å². The Bertz CT molecular complexity index is 763. The van der Waals surface area contributed by atoms with Gasteiger partial charge in [-0.3, -0.25) is 15.1 Å². The molecule has 0 N–H and O–H groups in total. The molecule has 21 heavy (non-hydrogen) atoms. The predicted octanol–water partition coefficient (Wildman–Crippen LogP) is 3.58. The number of nitrogens with zero attached hydrogens (tertiary/aromatic N) is 3. The monoisotopic (exact) mass is 283 g/mol. The summed E-state index contributed by atoms with van der Waals surface area (Å²) in [5.41, 5.74) is 2.17. The smallest absolute Gasteiger partial charge is 0.311 e. The lowest BCUT2D eigenvalue weighted by Gasteiger charge is -2.10. The second-order valence-electron chi connectivity index (χ2n) is 4.66. The molecule has 6 heteroatoms. The van der Waals surface area contributed by atoms with Crippen molar-refractivity contribution in [2.75, 3.05) is 0 Å². The Morgan fingerprint density at radius 3 is 2.57 bits per heavy atom. The van der Waals surface area contributed by atoms with Crippen LogP contribution in [0.5, 0.6) is 11.5 Å². The summed E-state index contributed by atoms with van der Waals surface area (Å²) in [5, 5.41) is 20.3. The van der Waals surface area contributed by atoms with Crippen LogP contribution in [0.15, 0.2) is 24.3 Å². The zero-order valence-corrected chi connectivity index (χ0v) is 11.9. The van der Waals surface area contributed by atoms with Crippen LogP contribution >= 0.6 is 0 Å². The van der Waals surface area contributed by atoms with E-state index in [1.165, 1.54) is 6.07 Å². The van der Waals surface area contributed by atoms with Gasteiger partial charge in [0.2, 0.25) is 5.75 Å². The van der Waals surface area contributed by atoms with Crippen LogP contribution in [0.2, 0.25) is 0 Å². The maximum absolute atomic E-state index is 11.1. The van der Waals surface area contributed by atoms with Gasteiger partial charge in [-0.15, -0.1) is 0 Å². The van der Waals surface area contributed by atoms with Crippen molar-refractivity contribution in [3.05, 3.63) is 56.9 Å². The van der Waals surface area contributed by atoms with Crippen molar-refractivity contribution in [2.24, 2.45) is 0 Å². The molecule has 6 nitrogen and oxygen atoms in total. The van der Waals surface area contributed by atoms with Crippen molar-refractivity contribution in [1.82, 2.24) is 4.98 Å². The molecule has 0 radical (unpaired) electrons. The Labute approximate surface area is 121 Å². The van der Waals surface area contributed by atoms with Gasteiger partial charge in [-0.25, -0.2) is 0 Å². The minimum absolute atomic E-state index is 0.113. The maximum Gasteiger partial charge on any atom is 0.311 e. The average Bonchev–Trinajstić information content (AvgIpc) is 2.37. The van der Waals surface area contributed by atoms with E-state index in [4.69, 9.17) is 4.74 Å². The summed E-state index contributed by atoms with van der Waals surface area (Å²) in [6, 6.07) is 8.21. The molecule has 2 aromatic rings. The third-order valence-corrected chi connectivity index (χ3v) is 2.94. The minimum Gasteiger partial charge on any atom is -0.449 e. The standard InChI is InChI=1S/C15H13N3O3/c1-9-4-5-13(18(19)20)15(6-9)21-14-7-10(2)17-11(3)12(14)8-16/h4-7H,1-3H3. The van der Waals surface area contributed by atoms with Gasteiger partial charge in [-0.2, -0.15) is 5.26 Å². The molecule has 0 unspecified atom stereocenters. The van der Waals surface area contributed by atoms with E-state index in [0.29, 0.717) is 11.4 Å². The van der Waals surface area contributed by atoms with E-state index < -0.39 is 4.92 Å². The summed E-state index contributed by atoms with van der Waals surface area (Å²) in [4.78, 5) is 14.7. The molecule has 106 valence electrons. The van der Waals surface area contributed by atoms with E-state index in [9.17, 15) is 15.4 Å². The molecule has 0 saturated heterocycles. The molecule has 1 aromatic heterocycles. The number of aromatic nitrogens is 1. The Morgan fingerprint density at radius 2 is 1.95 bits per heavy atom. The van der Waals surface area contributed by atoms with Gasteiger partial charge in [-0.1, -0.05) is 6.07 Å². The molecular weight excluding hydrogens is 270 g/mol. The quantitative estimate of drug-likeness (QED) is 0.634. The van der Waals surface area contributed by atoms with Crippen LogP contribution < -0.4 is 4.74 Å². The van der Waals surface area contributed by atoms with Crippen LogP contribution in [0, 0.1) is 42.2 Å². The second kappa shape index (κ2) is 5.59. The van der Waals surface area contributed by atoms with Crippen molar-refractivity contribution in [3.8, 4) is 17.6 Å². The fourth-order valence-electron chi connectivity index (χ4n) is 1.98. The van der Waals surface area contributed by atoms with Crippen molar-refractivity contribution in [3.63, 3.8) is 0 Å². The van der Waals surface area contributed by atoms with Gasteiger partial charge in [0.05, 0.1) is 10.6 Å². The van der Waals surface area contributed by atoms with E-state index in [2.05, 4.69) is 4.98 Å². The van der Waals surface area contributed by atoms with Gasteiger partial charge in [0.1, 0.15) is 17.4 Å². The number of pyridine rings is 1. The molecule has 0 amide bonds. The average molecular weight is 283 g/mol. The molecule has 0 bridgehead atoms. The molecule has 2 rings (SSSR count). The largest absolute Gasteiger partial charge is 0.449 e. The second-order valence-corrected chi connectivity index (χ2v) is 4.66. The predicted molar refractivity (Wildman–Crippen MR) is 76.3 cm³/mol. The van der Waals surface area contributed by atoms with Crippen LogP contribution in [0.3, 0.4) is 0 Å². The zero-order valence-electron chi connectivity index (χ0n) is 11.9. The lowest BCUT2D eigenvalue weighted by Crippen LogP contribution is -1.99. The highest BCUT2D eigenvalue weighted by Gasteiger charge is 2.18. The Kier molecular flexibility index (Phi) is 3.85. The summed E-state index contributed by atoms with van der Waals surface area (Å²) in [6.45, 7) is 5.28. The Morgan fingerprint density at radius 1 is 1.24 bits per heavy atom. The van der Waals surface area contributed by atoms with E-state index in [1.807, 2.05) is 13.0 Å². The molecule has 0 aliphatic heterocycles. The summed E-state index contributed by atoms with van der Waals surface area (Å²) < 4.78 is 5.63. The molecule has 1 aromatic carbocycles. The van der Waals surface area contributed by atoms with E-state index >= 15 is 0 Å².